The zero-order valence-electron chi connectivity index (χ0n) is 13.4. The van der Waals surface area contributed by atoms with Crippen molar-refractivity contribution in [2.75, 3.05) is 30.3 Å². The molecule has 0 atom stereocenters. The first-order valence-corrected chi connectivity index (χ1v) is 8.08. The van der Waals surface area contributed by atoms with E-state index in [4.69, 9.17) is 4.74 Å². The lowest BCUT2D eigenvalue weighted by molar-refractivity contribution is 0.144. The molecule has 0 amide bonds. The summed E-state index contributed by atoms with van der Waals surface area (Å²) in [7, 11) is 0. The molecule has 1 aromatic rings. The largest absolute Gasteiger partial charge is 0.463 e. The van der Waals surface area contributed by atoms with E-state index in [1.165, 1.54) is 25.7 Å². The Morgan fingerprint density at radius 3 is 2.29 bits per heavy atom. The van der Waals surface area contributed by atoms with Gasteiger partial charge in [-0.2, -0.15) is 15.0 Å². The minimum Gasteiger partial charge on any atom is -0.463 e. The van der Waals surface area contributed by atoms with Gasteiger partial charge in [-0.1, -0.05) is 20.3 Å². The second-order valence-electron chi connectivity index (χ2n) is 5.70. The fourth-order valence-corrected chi connectivity index (χ4v) is 2.53. The normalized spacial score (nSPS) is 16.1. The fourth-order valence-electron chi connectivity index (χ4n) is 2.53. The van der Waals surface area contributed by atoms with Gasteiger partial charge < -0.3 is 15.4 Å². The number of anilines is 2. The molecule has 0 spiro atoms. The minimum atomic E-state index is 0.393. The summed E-state index contributed by atoms with van der Waals surface area (Å²) in [5.41, 5.74) is 0.426. The van der Waals surface area contributed by atoms with Gasteiger partial charge in [-0.05, 0) is 38.0 Å². The van der Waals surface area contributed by atoms with Crippen molar-refractivity contribution in [3.63, 3.8) is 0 Å². The molecule has 1 aliphatic carbocycles. The average molecular weight is 293 g/mol. The van der Waals surface area contributed by atoms with E-state index in [2.05, 4.69) is 39.4 Å². The third-order valence-electron chi connectivity index (χ3n) is 4.17. The predicted octanol–water partition coefficient (Wildman–Crippen LogP) is 3.08. The third kappa shape index (κ3) is 4.19. The van der Waals surface area contributed by atoms with Crippen molar-refractivity contribution in [2.45, 2.75) is 52.9 Å². The van der Waals surface area contributed by atoms with Crippen LogP contribution >= 0.6 is 0 Å². The molecule has 6 nitrogen and oxygen atoms in total. The maximum atomic E-state index is 5.54. The summed E-state index contributed by atoms with van der Waals surface area (Å²) in [5.74, 6) is 1.17. The SMILES string of the molecule is CCCOc1nc(NCC)nc(NCC2(CC)CCC2)n1. The zero-order chi connectivity index (χ0) is 15.1. The van der Waals surface area contributed by atoms with Gasteiger partial charge in [0, 0.05) is 13.1 Å². The molecule has 2 N–H and O–H groups in total. The van der Waals surface area contributed by atoms with Crippen LogP contribution in [0, 0.1) is 5.41 Å². The Labute approximate surface area is 127 Å². The van der Waals surface area contributed by atoms with E-state index < -0.39 is 0 Å². The summed E-state index contributed by atoms with van der Waals surface area (Å²) in [6.07, 6.45) is 6.05. The maximum absolute atomic E-state index is 5.54. The average Bonchev–Trinajstić information content (AvgIpc) is 2.45. The van der Waals surface area contributed by atoms with E-state index in [9.17, 15) is 0 Å². The van der Waals surface area contributed by atoms with Crippen molar-refractivity contribution in [3.8, 4) is 6.01 Å². The Morgan fingerprint density at radius 1 is 1.05 bits per heavy atom. The standard InChI is InChI=1S/C15H27N5O/c1-4-10-21-14-19-12(16-6-3)18-13(20-14)17-11-15(5-2)8-7-9-15/h4-11H2,1-3H3,(H2,16,17,18,19,20). The molecule has 6 heteroatoms. The van der Waals surface area contributed by atoms with E-state index in [0.717, 1.165) is 19.5 Å². The lowest BCUT2D eigenvalue weighted by Crippen LogP contribution is -2.36. The van der Waals surface area contributed by atoms with Crippen molar-refractivity contribution in [1.82, 2.24) is 15.0 Å². The number of hydrogen-bond donors (Lipinski definition) is 2. The van der Waals surface area contributed by atoms with Crippen molar-refractivity contribution in [3.05, 3.63) is 0 Å². The Bertz CT molecular complexity index is 442. The molecule has 2 rings (SSSR count). The van der Waals surface area contributed by atoms with E-state index >= 15 is 0 Å². The molecule has 0 saturated heterocycles. The molecule has 0 radical (unpaired) electrons. The summed E-state index contributed by atoms with van der Waals surface area (Å²) in [6.45, 7) is 8.65. The second kappa shape index (κ2) is 7.43. The second-order valence-corrected chi connectivity index (χ2v) is 5.70. The molecular weight excluding hydrogens is 266 g/mol. The predicted molar refractivity (Wildman–Crippen MR) is 84.8 cm³/mol. The molecule has 0 unspecified atom stereocenters. The van der Waals surface area contributed by atoms with Crippen LogP contribution in [0.2, 0.25) is 0 Å². The van der Waals surface area contributed by atoms with Crippen LogP contribution in [0.4, 0.5) is 11.9 Å². The van der Waals surface area contributed by atoms with Gasteiger partial charge in [0.1, 0.15) is 0 Å². The number of aromatic nitrogens is 3. The first kappa shape index (κ1) is 15.8. The molecule has 1 aliphatic rings. The molecule has 21 heavy (non-hydrogen) atoms. The number of hydrogen-bond acceptors (Lipinski definition) is 6. The smallest absolute Gasteiger partial charge is 0.323 e. The summed E-state index contributed by atoms with van der Waals surface area (Å²) in [5, 5.41) is 6.49. The highest BCUT2D eigenvalue weighted by Gasteiger charge is 2.34. The van der Waals surface area contributed by atoms with Gasteiger partial charge in [0.15, 0.2) is 0 Å². The third-order valence-corrected chi connectivity index (χ3v) is 4.17. The summed E-state index contributed by atoms with van der Waals surface area (Å²) < 4.78 is 5.54. The van der Waals surface area contributed by atoms with Crippen LogP contribution < -0.4 is 15.4 Å². The van der Waals surface area contributed by atoms with Gasteiger partial charge in [-0.15, -0.1) is 0 Å². The van der Waals surface area contributed by atoms with E-state index in [1.54, 1.807) is 0 Å². The van der Waals surface area contributed by atoms with Gasteiger partial charge in [-0.25, -0.2) is 0 Å². The number of rotatable bonds is 9. The summed E-state index contributed by atoms with van der Waals surface area (Å²) >= 11 is 0. The highest BCUT2D eigenvalue weighted by atomic mass is 16.5. The Kier molecular flexibility index (Phi) is 5.59. The van der Waals surface area contributed by atoms with Crippen LogP contribution in [0.3, 0.4) is 0 Å². The van der Waals surface area contributed by atoms with Crippen LogP contribution in [0.5, 0.6) is 6.01 Å². The van der Waals surface area contributed by atoms with Gasteiger partial charge in [0.2, 0.25) is 11.9 Å². The molecule has 1 heterocycles. The van der Waals surface area contributed by atoms with Crippen molar-refractivity contribution in [2.24, 2.45) is 5.41 Å². The molecule has 1 saturated carbocycles. The molecular formula is C15H27N5O. The van der Waals surface area contributed by atoms with Crippen LogP contribution in [-0.4, -0.2) is 34.6 Å². The lowest BCUT2D eigenvalue weighted by Gasteiger charge is -2.41. The summed E-state index contributed by atoms with van der Waals surface area (Å²) in [4.78, 5) is 13.0. The van der Waals surface area contributed by atoms with Crippen molar-refractivity contribution < 1.29 is 4.74 Å². The topological polar surface area (TPSA) is 72.0 Å². The van der Waals surface area contributed by atoms with Crippen LogP contribution in [0.15, 0.2) is 0 Å². The molecule has 0 aliphatic heterocycles. The number of nitrogens with one attached hydrogen (secondary N) is 2. The summed E-state index contributed by atoms with van der Waals surface area (Å²) in [6, 6.07) is 0.393. The number of ether oxygens (including phenoxy) is 1. The Hall–Kier alpha value is -1.59. The lowest BCUT2D eigenvalue weighted by atomic mass is 9.67. The van der Waals surface area contributed by atoms with E-state index in [-0.39, 0.29) is 0 Å². The van der Waals surface area contributed by atoms with Crippen LogP contribution in [0.25, 0.3) is 0 Å². The number of nitrogens with zero attached hydrogens (tertiary/aromatic N) is 3. The van der Waals surface area contributed by atoms with Gasteiger partial charge in [0.25, 0.3) is 0 Å². The van der Waals surface area contributed by atoms with Crippen LogP contribution in [0.1, 0.15) is 52.9 Å². The highest BCUT2D eigenvalue weighted by molar-refractivity contribution is 5.36. The zero-order valence-corrected chi connectivity index (χ0v) is 13.4. The first-order valence-electron chi connectivity index (χ1n) is 8.08. The molecule has 1 fully saturated rings. The molecule has 0 aromatic carbocycles. The maximum Gasteiger partial charge on any atom is 0.323 e. The van der Waals surface area contributed by atoms with Gasteiger partial charge in [-0.3, -0.25) is 0 Å². The van der Waals surface area contributed by atoms with E-state index in [1.807, 2.05) is 6.92 Å². The quantitative estimate of drug-likeness (QED) is 0.729. The monoisotopic (exact) mass is 293 g/mol. The highest BCUT2D eigenvalue weighted by Crippen LogP contribution is 2.43. The molecule has 1 aromatic heterocycles. The molecule has 118 valence electrons. The minimum absolute atomic E-state index is 0.393. The molecule has 0 bridgehead atoms. The van der Waals surface area contributed by atoms with Gasteiger partial charge in [0.05, 0.1) is 6.61 Å². The van der Waals surface area contributed by atoms with E-state index in [0.29, 0.717) is 29.9 Å². The Balaban J connectivity index is 2.03. The van der Waals surface area contributed by atoms with Crippen molar-refractivity contribution in [1.29, 1.82) is 0 Å². The fraction of sp³-hybridized carbons (Fsp3) is 0.800. The van der Waals surface area contributed by atoms with Crippen LogP contribution in [-0.2, 0) is 0 Å². The van der Waals surface area contributed by atoms with Gasteiger partial charge >= 0.3 is 6.01 Å². The Morgan fingerprint density at radius 2 is 1.76 bits per heavy atom. The van der Waals surface area contributed by atoms with Crippen molar-refractivity contribution >= 4 is 11.9 Å². The first-order chi connectivity index (χ1) is 10.2.